The molecule has 0 radical (unpaired) electrons. The normalized spacial score (nSPS) is 18.3. The highest BCUT2D eigenvalue weighted by Crippen LogP contribution is 2.37. The van der Waals surface area contributed by atoms with Gasteiger partial charge in [0.05, 0.1) is 0 Å². The molecule has 0 bridgehead atoms. The van der Waals surface area contributed by atoms with E-state index in [0.29, 0.717) is 13.1 Å². The smallest absolute Gasteiger partial charge is 0.410 e. The Balaban J connectivity index is 2.60. The van der Waals surface area contributed by atoms with Crippen LogP contribution in [0.2, 0.25) is 0 Å². The van der Waals surface area contributed by atoms with Gasteiger partial charge in [-0.15, -0.1) is 0 Å². The molecule has 1 saturated heterocycles. The molecule has 1 N–H and O–H groups in total. The van der Waals surface area contributed by atoms with Gasteiger partial charge in [0.2, 0.25) is 0 Å². The van der Waals surface area contributed by atoms with Gasteiger partial charge in [-0.2, -0.15) is 0 Å². The minimum Gasteiger partial charge on any atom is -0.444 e. The van der Waals surface area contributed by atoms with Crippen LogP contribution in [0.1, 0.15) is 40.0 Å². The molecule has 124 valence electrons. The molecule has 4 heteroatoms. The fourth-order valence-electron chi connectivity index (χ4n) is 2.63. The minimum atomic E-state index is -0.480. The van der Waals surface area contributed by atoms with Gasteiger partial charge in [0.1, 0.15) is 5.60 Å². The van der Waals surface area contributed by atoms with Crippen LogP contribution in [0, 0.1) is 5.41 Å². The Morgan fingerprint density at radius 3 is 2.41 bits per heavy atom. The largest absolute Gasteiger partial charge is 0.444 e. The molecule has 0 aromatic carbocycles. The van der Waals surface area contributed by atoms with Gasteiger partial charge in [0.15, 0.2) is 0 Å². The molecule has 0 saturated carbocycles. The lowest BCUT2D eigenvalue weighted by Crippen LogP contribution is -2.46. The quantitative estimate of drug-likeness (QED) is 0.788. The number of aliphatic hydroxyl groups is 1. The van der Waals surface area contributed by atoms with E-state index in [1.54, 1.807) is 11.0 Å². The Hall–Kier alpha value is -1.55. The lowest BCUT2D eigenvalue weighted by Gasteiger charge is -2.41. The predicted molar refractivity (Wildman–Crippen MR) is 89.7 cm³/mol. The maximum absolute atomic E-state index is 12.1. The first-order valence-electron chi connectivity index (χ1n) is 7.77. The minimum absolute atomic E-state index is 0.107. The number of likely N-dealkylation sites (tertiary alicyclic amines) is 1. The molecule has 22 heavy (non-hydrogen) atoms. The molecular weight excluding hydrogens is 278 g/mol. The van der Waals surface area contributed by atoms with Crippen LogP contribution < -0.4 is 0 Å². The molecule has 4 nitrogen and oxygen atoms in total. The number of carbonyl (C=O) groups is 1. The zero-order valence-corrected chi connectivity index (χ0v) is 14.1. The standard InChI is InChI=1S/C18H29NO3/c1-6-7-8-15(2)13-18(14-20)9-11-19(12-10-18)16(21)22-17(3,4)5/h6-8,20H,1-2,9-14H2,3-5H3/b8-7-. The molecule has 0 aliphatic carbocycles. The van der Waals surface area contributed by atoms with Gasteiger partial charge in [0.25, 0.3) is 0 Å². The van der Waals surface area contributed by atoms with E-state index in [1.165, 1.54) is 0 Å². The van der Waals surface area contributed by atoms with Crippen LogP contribution in [-0.4, -0.2) is 41.4 Å². The van der Waals surface area contributed by atoms with Crippen molar-refractivity contribution in [1.82, 2.24) is 4.90 Å². The maximum Gasteiger partial charge on any atom is 0.410 e. The highest BCUT2D eigenvalue weighted by molar-refractivity contribution is 5.68. The number of rotatable bonds is 5. The van der Waals surface area contributed by atoms with Crippen LogP contribution in [0.3, 0.4) is 0 Å². The first-order valence-corrected chi connectivity index (χ1v) is 7.77. The van der Waals surface area contributed by atoms with Crippen LogP contribution in [-0.2, 0) is 4.74 Å². The molecule has 0 aromatic heterocycles. The van der Waals surface area contributed by atoms with E-state index in [4.69, 9.17) is 4.74 Å². The predicted octanol–water partition coefficient (Wildman–Crippen LogP) is 3.68. The van der Waals surface area contributed by atoms with Gasteiger partial charge in [-0.1, -0.05) is 37.0 Å². The van der Waals surface area contributed by atoms with Crippen molar-refractivity contribution in [2.45, 2.75) is 45.6 Å². The van der Waals surface area contributed by atoms with Crippen LogP contribution in [0.5, 0.6) is 0 Å². The topological polar surface area (TPSA) is 49.8 Å². The van der Waals surface area contributed by atoms with Crippen molar-refractivity contribution in [3.05, 3.63) is 37.0 Å². The molecule has 0 spiro atoms. The monoisotopic (exact) mass is 307 g/mol. The second-order valence-corrected chi connectivity index (χ2v) is 7.06. The van der Waals surface area contributed by atoms with E-state index >= 15 is 0 Å². The highest BCUT2D eigenvalue weighted by atomic mass is 16.6. The third-order valence-electron chi connectivity index (χ3n) is 3.88. The summed E-state index contributed by atoms with van der Waals surface area (Å²) in [5.74, 6) is 0. The maximum atomic E-state index is 12.1. The molecule has 0 unspecified atom stereocenters. The summed E-state index contributed by atoms with van der Waals surface area (Å²) in [4.78, 5) is 13.8. The van der Waals surface area contributed by atoms with E-state index in [2.05, 4.69) is 13.2 Å². The van der Waals surface area contributed by atoms with Gasteiger partial charge in [-0.25, -0.2) is 4.79 Å². The number of hydrogen-bond acceptors (Lipinski definition) is 3. The van der Waals surface area contributed by atoms with Crippen LogP contribution in [0.4, 0.5) is 4.79 Å². The SMILES string of the molecule is C=C/C=C\C(=C)CC1(CO)CCN(C(=O)OC(C)(C)C)CC1. The zero-order chi connectivity index (χ0) is 16.8. The molecule has 1 amide bonds. The van der Waals surface area contributed by atoms with Gasteiger partial charge in [-0.05, 0) is 40.0 Å². The summed E-state index contributed by atoms with van der Waals surface area (Å²) in [6.45, 7) is 14.6. The van der Waals surface area contributed by atoms with Crippen molar-refractivity contribution in [2.24, 2.45) is 5.41 Å². The van der Waals surface area contributed by atoms with Gasteiger partial charge < -0.3 is 14.7 Å². The molecule has 1 fully saturated rings. The highest BCUT2D eigenvalue weighted by Gasteiger charge is 2.36. The Bertz CT molecular complexity index is 438. The summed E-state index contributed by atoms with van der Waals surface area (Å²) in [5, 5.41) is 9.81. The Kier molecular flexibility index (Phi) is 6.42. The zero-order valence-electron chi connectivity index (χ0n) is 14.1. The average molecular weight is 307 g/mol. The summed E-state index contributed by atoms with van der Waals surface area (Å²) < 4.78 is 5.40. The molecule has 0 aromatic rings. The van der Waals surface area contributed by atoms with E-state index in [-0.39, 0.29) is 18.1 Å². The van der Waals surface area contributed by atoms with Crippen molar-refractivity contribution in [3.63, 3.8) is 0 Å². The van der Waals surface area contributed by atoms with Crippen molar-refractivity contribution < 1.29 is 14.6 Å². The molecule has 1 aliphatic heterocycles. The summed E-state index contributed by atoms with van der Waals surface area (Å²) in [6, 6.07) is 0. The molecule has 1 heterocycles. The Morgan fingerprint density at radius 1 is 1.36 bits per heavy atom. The fraction of sp³-hybridized carbons (Fsp3) is 0.611. The van der Waals surface area contributed by atoms with Crippen LogP contribution in [0.25, 0.3) is 0 Å². The summed E-state index contributed by atoms with van der Waals surface area (Å²) >= 11 is 0. The summed E-state index contributed by atoms with van der Waals surface area (Å²) in [5.41, 5.74) is 0.299. The summed E-state index contributed by atoms with van der Waals surface area (Å²) in [6.07, 6.45) is 7.45. The third-order valence-corrected chi connectivity index (χ3v) is 3.88. The number of amides is 1. The van der Waals surface area contributed by atoms with E-state index in [9.17, 15) is 9.90 Å². The van der Waals surface area contributed by atoms with Crippen LogP contribution >= 0.6 is 0 Å². The van der Waals surface area contributed by atoms with Crippen molar-refractivity contribution in [3.8, 4) is 0 Å². The summed E-state index contributed by atoms with van der Waals surface area (Å²) in [7, 11) is 0. The fourth-order valence-corrected chi connectivity index (χ4v) is 2.63. The first kappa shape index (κ1) is 18.5. The molecular formula is C18H29NO3. The number of allylic oxidation sites excluding steroid dienone is 4. The van der Waals surface area contributed by atoms with Gasteiger partial charge in [0, 0.05) is 25.1 Å². The molecule has 1 rings (SSSR count). The second-order valence-electron chi connectivity index (χ2n) is 7.06. The average Bonchev–Trinajstić information content (AvgIpc) is 2.44. The number of aliphatic hydroxyl groups excluding tert-OH is 1. The lowest BCUT2D eigenvalue weighted by atomic mass is 9.74. The van der Waals surface area contributed by atoms with Gasteiger partial charge in [-0.3, -0.25) is 0 Å². The third kappa shape index (κ3) is 5.68. The molecule has 1 aliphatic rings. The van der Waals surface area contributed by atoms with Crippen molar-refractivity contribution in [2.75, 3.05) is 19.7 Å². The van der Waals surface area contributed by atoms with E-state index in [1.807, 2.05) is 32.9 Å². The number of ether oxygens (including phenoxy) is 1. The number of piperidine rings is 1. The Morgan fingerprint density at radius 2 is 1.95 bits per heavy atom. The number of hydrogen-bond donors (Lipinski definition) is 1. The van der Waals surface area contributed by atoms with E-state index < -0.39 is 5.60 Å². The van der Waals surface area contributed by atoms with Crippen molar-refractivity contribution >= 4 is 6.09 Å². The second kappa shape index (κ2) is 7.63. The Labute approximate surface area is 134 Å². The molecule has 0 atom stereocenters. The number of carbonyl (C=O) groups excluding carboxylic acids is 1. The van der Waals surface area contributed by atoms with Crippen molar-refractivity contribution in [1.29, 1.82) is 0 Å². The van der Waals surface area contributed by atoms with E-state index in [0.717, 1.165) is 24.8 Å². The lowest BCUT2D eigenvalue weighted by molar-refractivity contribution is 0.0000366. The van der Waals surface area contributed by atoms with Gasteiger partial charge >= 0.3 is 6.09 Å². The first-order chi connectivity index (χ1) is 10.2. The number of nitrogens with zero attached hydrogens (tertiary/aromatic N) is 1. The van der Waals surface area contributed by atoms with Crippen LogP contribution in [0.15, 0.2) is 37.0 Å².